The van der Waals surface area contributed by atoms with E-state index in [2.05, 4.69) is 17.6 Å². The molecule has 5 nitrogen and oxygen atoms in total. The van der Waals surface area contributed by atoms with Crippen molar-refractivity contribution in [2.24, 2.45) is 5.92 Å². The molecule has 0 saturated heterocycles. The quantitative estimate of drug-likeness (QED) is 0.571. The summed E-state index contributed by atoms with van der Waals surface area (Å²) in [4.78, 5) is 25.2. The fraction of sp³-hybridized carbons (Fsp3) is 0.391. The van der Waals surface area contributed by atoms with Crippen LogP contribution >= 0.6 is 0 Å². The molecule has 2 rings (SSSR count). The van der Waals surface area contributed by atoms with Crippen molar-refractivity contribution in [3.05, 3.63) is 54.1 Å². The summed E-state index contributed by atoms with van der Waals surface area (Å²) in [5.41, 5.74) is 1.73. The molecule has 0 aliphatic carbocycles. The zero-order valence-corrected chi connectivity index (χ0v) is 17.0. The number of carbonyl (C=O) groups is 2. The van der Waals surface area contributed by atoms with E-state index >= 15 is 0 Å². The third kappa shape index (κ3) is 6.12. The van der Waals surface area contributed by atoms with Gasteiger partial charge >= 0.3 is 0 Å². The van der Waals surface area contributed by atoms with Crippen LogP contribution < -0.4 is 15.4 Å². The summed E-state index contributed by atoms with van der Waals surface area (Å²) in [6.45, 7) is 6.57. The highest BCUT2D eigenvalue weighted by molar-refractivity contribution is 6.06. The van der Waals surface area contributed by atoms with Crippen LogP contribution in [0.4, 0.5) is 11.4 Å². The molecule has 1 atom stereocenters. The third-order valence-electron chi connectivity index (χ3n) is 4.60. The van der Waals surface area contributed by atoms with Crippen LogP contribution in [0, 0.1) is 5.92 Å². The Labute approximate surface area is 167 Å². The summed E-state index contributed by atoms with van der Waals surface area (Å²) in [6.07, 6.45) is 3.80. The summed E-state index contributed by atoms with van der Waals surface area (Å²) >= 11 is 0. The van der Waals surface area contributed by atoms with Gasteiger partial charge in [-0.1, -0.05) is 44.9 Å². The number of anilines is 2. The van der Waals surface area contributed by atoms with Gasteiger partial charge in [-0.2, -0.15) is 0 Å². The number of para-hydroxylation sites is 2. The Bertz CT molecular complexity index is 789. The van der Waals surface area contributed by atoms with Crippen LogP contribution in [0.25, 0.3) is 0 Å². The number of nitrogens with one attached hydrogen (secondary N) is 2. The van der Waals surface area contributed by atoms with Gasteiger partial charge in [-0.25, -0.2) is 0 Å². The lowest BCUT2D eigenvalue weighted by atomic mass is 9.98. The first-order chi connectivity index (χ1) is 13.6. The molecule has 0 saturated carbocycles. The molecular weight excluding hydrogens is 352 g/mol. The number of carbonyl (C=O) groups excluding carboxylic acids is 2. The second-order valence-electron chi connectivity index (χ2n) is 6.70. The Morgan fingerprint density at radius 1 is 1.00 bits per heavy atom. The first kappa shape index (κ1) is 21.5. The van der Waals surface area contributed by atoms with Crippen LogP contribution in [-0.2, 0) is 4.79 Å². The van der Waals surface area contributed by atoms with Crippen LogP contribution in [0.2, 0.25) is 0 Å². The number of hydrogen-bond acceptors (Lipinski definition) is 3. The molecule has 1 unspecified atom stereocenters. The second kappa shape index (κ2) is 11.1. The minimum atomic E-state index is -0.249. The standard InChI is InChI=1S/C23H30N2O3/c1-4-7-11-17(5-2)22(26)24-19-13-10-12-18(16-19)23(27)25-20-14-8-9-15-21(20)28-6-3/h8-10,12-17H,4-7,11H2,1-3H3,(H,24,26)(H,25,27). The van der Waals surface area contributed by atoms with Crippen molar-refractivity contribution >= 4 is 23.2 Å². The third-order valence-corrected chi connectivity index (χ3v) is 4.60. The number of amides is 2. The molecule has 2 aromatic carbocycles. The van der Waals surface area contributed by atoms with E-state index in [-0.39, 0.29) is 17.7 Å². The van der Waals surface area contributed by atoms with Crippen molar-refractivity contribution in [2.45, 2.75) is 46.5 Å². The van der Waals surface area contributed by atoms with E-state index in [1.165, 1.54) is 0 Å². The van der Waals surface area contributed by atoms with Crippen LogP contribution in [0.5, 0.6) is 5.75 Å². The summed E-state index contributed by atoms with van der Waals surface area (Å²) in [5.74, 6) is 0.386. The molecule has 5 heteroatoms. The van der Waals surface area contributed by atoms with Gasteiger partial charge in [0.25, 0.3) is 5.91 Å². The fourth-order valence-corrected chi connectivity index (χ4v) is 3.00. The van der Waals surface area contributed by atoms with Crippen LogP contribution in [-0.4, -0.2) is 18.4 Å². The minimum Gasteiger partial charge on any atom is -0.492 e. The van der Waals surface area contributed by atoms with Gasteiger partial charge in [0.1, 0.15) is 5.75 Å². The molecule has 0 aromatic heterocycles. The molecule has 2 amide bonds. The summed E-state index contributed by atoms with van der Waals surface area (Å²) in [6, 6.07) is 14.3. The molecule has 2 aromatic rings. The summed E-state index contributed by atoms with van der Waals surface area (Å²) in [7, 11) is 0. The molecule has 150 valence electrons. The molecule has 0 radical (unpaired) electrons. The molecular formula is C23H30N2O3. The summed E-state index contributed by atoms with van der Waals surface area (Å²) < 4.78 is 5.55. The first-order valence-electron chi connectivity index (χ1n) is 10.0. The van der Waals surface area contributed by atoms with E-state index in [1.54, 1.807) is 30.3 Å². The van der Waals surface area contributed by atoms with Crippen molar-refractivity contribution in [1.29, 1.82) is 0 Å². The van der Waals surface area contributed by atoms with Gasteiger partial charge in [-0.3, -0.25) is 9.59 Å². The lowest BCUT2D eigenvalue weighted by Crippen LogP contribution is -2.22. The molecule has 0 fully saturated rings. The van der Waals surface area contributed by atoms with Gasteiger partial charge < -0.3 is 15.4 Å². The Morgan fingerprint density at radius 2 is 1.79 bits per heavy atom. The molecule has 2 N–H and O–H groups in total. The fourth-order valence-electron chi connectivity index (χ4n) is 3.00. The van der Waals surface area contributed by atoms with Crippen LogP contribution in [0.1, 0.15) is 56.8 Å². The predicted molar refractivity (Wildman–Crippen MR) is 114 cm³/mol. The molecule has 0 aliphatic rings. The van der Waals surface area contributed by atoms with Gasteiger partial charge in [-0.15, -0.1) is 0 Å². The lowest BCUT2D eigenvalue weighted by Gasteiger charge is -2.15. The zero-order valence-electron chi connectivity index (χ0n) is 17.0. The average molecular weight is 383 g/mol. The first-order valence-corrected chi connectivity index (χ1v) is 10.0. The van der Waals surface area contributed by atoms with Gasteiger partial charge in [-0.05, 0) is 50.1 Å². The Morgan fingerprint density at radius 3 is 2.50 bits per heavy atom. The largest absolute Gasteiger partial charge is 0.492 e. The van der Waals surface area contributed by atoms with E-state index in [9.17, 15) is 9.59 Å². The van der Waals surface area contributed by atoms with Gasteiger partial charge in [0.2, 0.25) is 5.91 Å². The summed E-state index contributed by atoms with van der Waals surface area (Å²) in [5, 5.41) is 5.83. The van der Waals surface area contributed by atoms with Crippen LogP contribution in [0.3, 0.4) is 0 Å². The highest BCUT2D eigenvalue weighted by atomic mass is 16.5. The molecule has 0 heterocycles. The van der Waals surface area contributed by atoms with E-state index in [1.807, 2.05) is 32.0 Å². The molecule has 0 spiro atoms. The van der Waals surface area contributed by atoms with Gasteiger partial charge in [0.05, 0.1) is 12.3 Å². The Hall–Kier alpha value is -2.82. The van der Waals surface area contributed by atoms with E-state index in [0.29, 0.717) is 29.3 Å². The lowest BCUT2D eigenvalue weighted by molar-refractivity contribution is -0.120. The normalized spacial score (nSPS) is 11.5. The average Bonchev–Trinajstić information content (AvgIpc) is 2.70. The number of rotatable bonds is 10. The molecule has 0 aliphatic heterocycles. The van der Waals surface area contributed by atoms with E-state index in [4.69, 9.17) is 4.74 Å². The van der Waals surface area contributed by atoms with Crippen molar-refractivity contribution < 1.29 is 14.3 Å². The smallest absolute Gasteiger partial charge is 0.255 e. The predicted octanol–water partition coefficient (Wildman–Crippen LogP) is 5.49. The highest BCUT2D eigenvalue weighted by Crippen LogP contribution is 2.25. The van der Waals surface area contributed by atoms with E-state index < -0.39 is 0 Å². The van der Waals surface area contributed by atoms with Gasteiger partial charge in [0.15, 0.2) is 0 Å². The maximum atomic E-state index is 12.7. The highest BCUT2D eigenvalue weighted by Gasteiger charge is 2.17. The van der Waals surface area contributed by atoms with Crippen LogP contribution in [0.15, 0.2) is 48.5 Å². The SMILES string of the molecule is CCCCC(CC)C(=O)Nc1cccc(C(=O)Nc2ccccc2OCC)c1. The van der Waals surface area contributed by atoms with Crippen molar-refractivity contribution in [3.8, 4) is 5.75 Å². The topological polar surface area (TPSA) is 67.4 Å². The van der Waals surface area contributed by atoms with Crippen molar-refractivity contribution in [3.63, 3.8) is 0 Å². The molecule has 0 bridgehead atoms. The number of unbranched alkanes of at least 4 members (excludes halogenated alkanes) is 1. The Balaban J connectivity index is 2.08. The number of benzene rings is 2. The maximum absolute atomic E-state index is 12.7. The van der Waals surface area contributed by atoms with Crippen molar-refractivity contribution in [1.82, 2.24) is 0 Å². The zero-order chi connectivity index (χ0) is 20.4. The van der Waals surface area contributed by atoms with Crippen molar-refractivity contribution in [2.75, 3.05) is 17.2 Å². The Kier molecular flexibility index (Phi) is 8.53. The van der Waals surface area contributed by atoms with E-state index in [0.717, 1.165) is 25.7 Å². The van der Waals surface area contributed by atoms with Gasteiger partial charge in [0, 0.05) is 17.2 Å². The second-order valence-corrected chi connectivity index (χ2v) is 6.70. The minimum absolute atomic E-state index is 0.00416. The number of ether oxygens (including phenoxy) is 1. The molecule has 28 heavy (non-hydrogen) atoms. The number of hydrogen-bond donors (Lipinski definition) is 2. The maximum Gasteiger partial charge on any atom is 0.255 e. The monoisotopic (exact) mass is 382 g/mol.